The second-order valence-corrected chi connectivity index (χ2v) is 4.40. The van der Waals surface area contributed by atoms with E-state index in [2.05, 4.69) is 13.0 Å². The van der Waals surface area contributed by atoms with Gasteiger partial charge < -0.3 is 5.11 Å². The highest BCUT2D eigenvalue weighted by Crippen LogP contribution is 2.38. The molecule has 0 saturated heterocycles. The molecule has 0 bridgehead atoms. The molecule has 0 amide bonds. The van der Waals surface area contributed by atoms with Gasteiger partial charge in [-0.05, 0) is 25.2 Å². The summed E-state index contributed by atoms with van der Waals surface area (Å²) in [4.78, 5) is 0. The fourth-order valence-electron chi connectivity index (χ4n) is 2.47. The molecule has 2 heteroatoms. The van der Waals surface area contributed by atoms with Crippen LogP contribution in [0.5, 0.6) is 0 Å². The lowest BCUT2D eigenvalue weighted by Gasteiger charge is -2.38. The number of hydrogen-bond acceptors (Lipinski definition) is 2. The first-order valence-electron chi connectivity index (χ1n) is 5.24. The lowest BCUT2D eigenvalue weighted by molar-refractivity contribution is -0.0462. The van der Waals surface area contributed by atoms with E-state index < -0.39 is 5.60 Å². The molecular weight excluding hydrogens is 162 g/mol. The van der Waals surface area contributed by atoms with Crippen LogP contribution < -0.4 is 0 Å². The van der Waals surface area contributed by atoms with Crippen LogP contribution in [0, 0.1) is 23.2 Å². The zero-order valence-electron chi connectivity index (χ0n) is 8.58. The number of rotatable bonds is 2. The maximum Gasteiger partial charge on any atom is 0.0807 e. The molecular formula is C11H19NO. The molecule has 0 aromatic heterocycles. The van der Waals surface area contributed by atoms with Crippen molar-refractivity contribution in [2.45, 2.75) is 51.6 Å². The summed E-state index contributed by atoms with van der Waals surface area (Å²) < 4.78 is 0. The molecule has 1 saturated carbocycles. The first kappa shape index (κ1) is 10.5. The highest BCUT2D eigenvalue weighted by atomic mass is 16.3. The molecule has 0 spiro atoms. The fourth-order valence-corrected chi connectivity index (χ4v) is 2.47. The third-order valence-electron chi connectivity index (χ3n) is 3.22. The Balaban J connectivity index is 2.68. The standard InChI is InChI=1S/C11H19NO/c1-3-10(8-12)11(13)6-4-5-9(2)7-11/h9-10,13H,3-7H2,1-2H3. The molecule has 1 aliphatic rings. The summed E-state index contributed by atoms with van der Waals surface area (Å²) in [5.41, 5.74) is -0.693. The van der Waals surface area contributed by atoms with Crippen molar-refractivity contribution in [3.63, 3.8) is 0 Å². The number of aliphatic hydroxyl groups is 1. The zero-order valence-corrected chi connectivity index (χ0v) is 8.58. The van der Waals surface area contributed by atoms with E-state index in [0.29, 0.717) is 5.92 Å². The van der Waals surface area contributed by atoms with Crippen molar-refractivity contribution in [1.29, 1.82) is 5.26 Å². The molecule has 1 fully saturated rings. The molecule has 0 radical (unpaired) electrons. The fraction of sp³-hybridized carbons (Fsp3) is 0.909. The molecule has 74 valence electrons. The molecule has 0 aromatic rings. The maximum atomic E-state index is 10.3. The van der Waals surface area contributed by atoms with Crippen LogP contribution in [0.25, 0.3) is 0 Å². The molecule has 1 N–H and O–H groups in total. The average molecular weight is 181 g/mol. The Morgan fingerprint density at radius 1 is 1.69 bits per heavy atom. The van der Waals surface area contributed by atoms with E-state index in [0.717, 1.165) is 25.7 Å². The Bertz CT molecular complexity index is 209. The second kappa shape index (κ2) is 4.11. The van der Waals surface area contributed by atoms with Gasteiger partial charge in [-0.1, -0.05) is 26.7 Å². The van der Waals surface area contributed by atoms with Gasteiger partial charge in [0.2, 0.25) is 0 Å². The van der Waals surface area contributed by atoms with Crippen molar-refractivity contribution in [3.05, 3.63) is 0 Å². The van der Waals surface area contributed by atoms with Gasteiger partial charge in [0.1, 0.15) is 0 Å². The normalized spacial score (nSPS) is 36.6. The topological polar surface area (TPSA) is 44.0 Å². The molecule has 0 aliphatic heterocycles. The Morgan fingerprint density at radius 2 is 2.38 bits per heavy atom. The Kier molecular flexibility index (Phi) is 3.33. The molecule has 0 aromatic carbocycles. The highest BCUT2D eigenvalue weighted by molar-refractivity contribution is 5.00. The van der Waals surface area contributed by atoms with Gasteiger partial charge in [0, 0.05) is 0 Å². The zero-order chi connectivity index (χ0) is 9.90. The van der Waals surface area contributed by atoms with E-state index in [1.165, 1.54) is 6.42 Å². The summed E-state index contributed by atoms with van der Waals surface area (Å²) in [5, 5.41) is 19.2. The minimum Gasteiger partial charge on any atom is -0.389 e. The molecule has 2 nitrogen and oxygen atoms in total. The molecule has 1 aliphatic carbocycles. The largest absolute Gasteiger partial charge is 0.389 e. The van der Waals surface area contributed by atoms with Crippen LogP contribution in [-0.2, 0) is 0 Å². The summed E-state index contributed by atoms with van der Waals surface area (Å²) >= 11 is 0. The predicted octanol–water partition coefficient (Wildman–Crippen LogP) is 2.48. The van der Waals surface area contributed by atoms with E-state index in [1.54, 1.807) is 0 Å². The van der Waals surface area contributed by atoms with Gasteiger partial charge in [-0.25, -0.2) is 0 Å². The maximum absolute atomic E-state index is 10.3. The van der Waals surface area contributed by atoms with Crippen LogP contribution in [0.1, 0.15) is 46.0 Å². The monoisotopic (exact) mass is 181 g/mol. The van der Waals surface area contributed by atoms with Gasteiger partial charge in [-0.3, -0.25) is 0 Å². The minimum absolute atomic E-state index is 0.171. The third kappa shape index (κ3) is 2.22. The van der Waals surface area contributed by atoms with E-state index in [-0.39, 0.29) is 5.92 Å². The number of nitrogens with zero attached hydrogens (tertiary/aromatic N) is 1. The SMILES string of the molecule is CCC(C#N)C1(O)CCCC(C)C1. The summed E-state index contributed by atoms with van der Waals surface area (Å²) in [5.74, 6) is 0.399. The Labute approximate surface area is 80.6 Å². The Hall–Kier alpha value is -0.550. The Morgan fingerprint density at radius 3 is 2.85 bits per heavy atom. The van der Waals surface area contributed by atoms with Crippen molar-refractivity contribution in [3.8, 4) is 6.07 Å². The summed E-state index contributed by atoms with van der Waals surface area (Å²) in [6.07, 6.45) is 4.64. The lowest BCUT2D eigenvalue weighted by atomic mass is 9.71. The molecule has 3 unspecified atom stereocenters. The highest BCUT2D eigenvalue weighted by Gasteiger charge is 2.39. The van der Waals surface area contributed by atoms with Crippen molar-refractivity contribution in [2.24, 2.45) is 11.8 Å². The first-order valence-corrected chi connectivity index (χ1v) is 5.24. The van der Waals surface area contributed by atoms with Crippen LogP contribution in [0.3, 0.4) is 0 Å². The van der Waals surface area contributed by atoms with E-state index >= 15 is 0 Å². The van der Waals surface area contributed by atoms with Crippen LogP contribution in [0.4, 0.5) is 0 Å². The molecule has 13 heavy (non-hydrogen) atoms. The van der Waals surface area contributed by atoms with E-state index in [4.69, 9.17) is 5.26 Å². The summed E-state index contributed by atoms with van der Waals surface area (Å²) in [6, 6.07) is 2.23. The summed E-state index contributed by atoms with van der Waals surface area (Å²) in [7, 11) is 0. The van der Waals surface area contributed by atoms with Crippen LogP contribution in [0.2, 0.25) is 0 Å². The lowest BCUT2D eigenvalue weighted by Crippen LogP contribution is -2.41. The molecule has 0 heterocycles. The average Bonchev–Trinajstić information content (AvgIpc) is 2.05. The van der Waals surface area contributed by atoms with Gasteiger partial charge in [0.05, 0.1) is 17.6 Å². The quantitative estimate of drug-likeness (QED) is 0.711. The number of nitriles is 1. The van der Waals surface area contributed by atoms with Gasteiger partial charge in [-0.15, -0.1) is 0 Å². The van der Waals surface area contributed by atoms with Crippen molar-refractivity contribution >= 4 is 0 Å². The van der Waals surface area contributed by atoms with E-state index in [9.17, 15) is 5.11 Å². The second-order valence-electron chi connectivity index (χ2n) is 4.40. The predicted molar refractivity (Wildman–Crippen MR) is 52.0 cm³/mol. The smallest absolute Gasteiger partial charge is 0.0807 e. The van der Waals surface area contributed by atoms with Crippen LogP contribution in [-0.4, -0.2) is 10.7 Å². The third-order valence-corrected chi connectivity index (χ3v) is 3.22. The molecule has 1 rings (SSSR count). The van der Waals surface area contributed by atoms with Crippen molar-refractivity contribution < 1.29 is 5.11 Å². The van der Waals surface area contributed by atoms with Gasteiger partial charge in [0.25, 0.3) is 0 Å². The summed E-state index contributed by atoms with van der Waals surface area (Å²) in [6.45, 7) is 4.14. The van der Waals surface area contributed by atoms with Crippen LogP contribution in [0.15, 0.2) is 0 Å². The van der Waals surface area contributed by atoms with Gasteiger partial charge in [0.15, 0.2) is 0 Å². The van der Waals surface area contributed by atoms with Crippen molar-refractivity contribution in [2.75, 3.05) is 0 Å². The van der Waals surface area contributed by atoms with Gasteiger partial charge in [-0.2, -0.15) is 5.26 Å². The number of hydrogen-bond donors (Lipinski definition) is 1. The molecule has 3 atom stereocenters. The van der Waals surface area contributed by atoms with E-state index in [1.807, 2.05) is 6.92 Å². The minimum atomic E-state index is -0.693. The first-order chi connectivity index (χ1) is 6.12. The van der Waals surface area contributed by atoms with Gasteiger partial charge >= 0.3 is 0 Å². The van der Waals surface area contributed by atoms with Crippen LogP contribution >= 0.6 is 0 Å². The van der Waals surface area contributed by atoms with Crippen molar-refractivity contribution in [1.82, 2.24) is 0 Å².